The first-order valence-corrected chi connectivity index (χ1v) is 3.53. The van der Waals surface area contributed by atoms with Crippen LogP contribution in [0.3, 0.4) is 0 Å². The fourth-order valence-corrected chi connectivity index (χ4v) is 0.580. The fraction of sp³-hybridized carbons (Fsp3) is 1.00. The summed E-state index contributed by atoms with van der Waals surface area (Å²) in [6.07, 6.45) is -0.0683. The van der Waals surface area contributed by atoms with Gasteiger partial charge in [-0.2, -0.15) is 0 Å². The Morgan fingerprint density at radius 2 is 1.90 bits per heavy atom. The molecule has 62 valence electrons. The van der Waals surface area contributed by atoms with Gasteiger partial charge < -0.3 is 5.32 Å². The highest BCUT2D eigenvalue weighted by Crippen LogP contribution is 2.26. The third-order valence-corrected chi connectivity index (χ3v) is 1.55. The van der Waals surface area contributed by atoms with Crippen LogP contribution in [-0.2, 0) is 0 Å². The highest BCUT2D eigenvalue weighted by atomic mass is 19.3. The molecule has 0 saturated heterocycles. The number of halogens is 2. The maximum absolute atomic E-state index is 12.7. The number of nitrogens with one attached hydrogen (secondary N) is 1. The summed E-state index contributed by atoms with van der Waals surface area (Å²) in [6.45, 7) is 3.45. The molecule has 0 spiro atoms. The van der Waals surface area contributed by atoms with Crippen molar-refractivity contribution in [3.8, 4) is 0 Å². The van der Waals surface area contributed by atoms with Gasteiger partial charge in [0.15, 0.2) is 0 Å². The largest absolute Gasteiger partial charge is 0.320 e. The molecule has 0 saturated carbocycles. The molecular weight excluding hydrogens is 136 g/mol. The predicted octanol–water partition coefficient (Wildman–Crippen LogP) is 1.89. The van der Waals surface area contributed by atoms with Crippen LogP contribution in [0, 0.1) is 5.92 Å². The van der Waals surface area contributed by atoms with E-state index in [9.17, 15) is 8.78 Å². The first-order valence-electron chi connectivity index (χ1n) is 3.53. The van der Waals surface area contributed by atoms with Crippen LogP contribution in [0.1, 0.15) is 20.3 Å². The summed E-state index contributed by atoms with van der Waals surface area (Å²) in [5.74, 6) is -3.07. The summed E-state index contributed by atoms with van der Waals surface area (Å²) < 4.78 is 25.4. The Balaban J connectivity index is 3.63. The second kappa shape index (κ2) is 3.86. The SMILES string of the molecule is CNCCC(F)(F)C(C)C. The van der Waals surface area contributed by atoms with Crippen molar-refractivity contribution in [3.05, 3.63) is 0 Å². The Labute approximate surface area is 60.8 Å². The van der Waals surface area contributed by atoms with Gasteiger partial charge in [0.25, 0.3) is 5.92 Å². The first-order chi connectivity index (χ1) is 4.50. The van der Waals surface area contributed by atoms with Crippen LogP contribution in [0.25, 0.3) is 0 Å². The molecule has 0 fully saturated rings. The van der Waals surface area contributed by atoms with Crippen LogP contribution in [0.15, 0.2) is 0 Å². The van der Waals surface area contributed by atoms with E-state index >= 15 is 0 Å². The van der Waals surface area contributed by atoms with Gasteiger partial charge in [-0.1, -0.05) is 13.8 Å². The van der Waals surface area contributed by atoms with E-state index in [0.717, 1.165) is 0 Å². The zero-order valence-corrected chi connectivity index (χ0v) is 6.75. The normalized spacial score (nSPS) is 12.6. The van der Waals surface area contributed by atoms with Crippen molar-refractivity contribution in [2.45, 2.75) is 26.2 Å². The summed E-state index contributed by atoms with van der Waals surface area (Å²) in [7, 11) is 1.68. The van der Waals surface area contributed by atoms with E-state index < -0.39 is 11.8 Å². The highest BCUT2D eigenvalue weighted by Gasteiger charge is 2.31. The maximum Gasteiger partial charge on any atom is 0.251 e. The minimum atomic E-state index is -2.51. The molecule has 0 aromatic rings. The smallest absolute Gasteiger partial charge is 0.251 e. The van der Waals surface area contributed by atoms with Crippen molar-refractivity contribution in [3.63, 3.8) is 0 Å². The molecule has 0 aromatic carbocycles. The molecule has 0 rings (SSSR count). The van der Waals surface area contributed by atoms with Crippen molar-refractivity contribution in [2.75, 3.05) is 13.6 Å². The zero-order valence-electron chi connectivity index (χ0n) is 6.75. The van der Waals surface area contributed by atoms with Gasteiger partial charge in [0.1, 0.15) is 0 Å². The quantitative estimate of drug-likeness (QED) is 0.647. The van der Waals surface area contributed by atoms with Crippen LogP contribution >= 0.6 is 0 Å². The van der Waals surface area contributed by atoms with Gasteiger partial charge in [0, 0.05) is 18.9 Å². The van der Waals surface area contributed by atoms with Crippen molar-refractivity contribution in [1.29, 1.82) is 0 Å². The van der Waals surface area contributed by atoms with Crippen molar-refractivity contribution in [1.82, 2.24) is 5.32 Å². The lowest BCUT2D eigenvalue weighted by Crippen LogP contribution is -2.28. The molecule has 0 bridgehead atoms. The monoisotopic (exact) mass is 151 g/mol. The number of rotatable bonds is 4. The highest BCUT2D eigenvalue weighted by molar-refractivity contribution is 4.70. The predicted molar refractivity (Wildman–Crippen MR) is 38.3 cm³/mol. The third kappa shape index (κ3) is 3.11. The molecule has 0 aliphatic carbocycles. The van der Waals surface area contributed by atoms with E-state index in [1.165, 1.54) is 13.8 Å². The van der Waals surface area contributed by atoms with Gasteiger partial charge in [0.05, 0.1) is 0 Å². The second-order valence-corrected chi connectivity index (χ2v) is 2.77. The van der Waals surface area contributed by atoms with Crippen molar-refractivity contribution in [2.24, 2.45) is 5.92 Å². The molecule has 0 aliphatic rings. The van der Waals surface area contributed by atoms with E-state index in [1.807, 2.05) is 0 Å². The van der Waals surface area contributed by atoms with Gasteiger partial charge in [-0.3, -0.25) is 0 Å². The Hall–Kier alpha value is -0.180. The van der Waals surface area contributed by atoms with Crippen LogP contribution < -0.4 is 5.32 Å². The van der Waals surface area contributed by atoms with Gasteiger partial charge in [-0.05, 0) is 7.05 Å². The number of alkyl halides is 2. The molecule has 0 amide bonds. The molecule has 1 N–H and O–H groups in total. The third-order valence-electron chi connectivity index (χ3n) is 1.55. The lowest BCUT2D eigenvalue weighted by molar-refractivity contribution is -0.0511. The molecule has 3 heteroatoms. The maximum atomic E-state index is 12.7. The Morgan fingerprint density at radius 1 is 1.40 bits per heavy atom. The van der Waals surface area contributed by atoms with E-state index in [1.54, 1.807) is 7.05 Å². The fourth-order valence-electron chi connectivity index (χ4n) is 0.580. The van der Waals surface area contributed by atoms with Crippen LogP contribution in [-0.4, -0.2) is 19.5 Å². The van der Waals surface area contributed by atoms with E-state index in [2.05, 4.69) is 5.32 Å². The van der Waals surface area contributed by atoms with E-state index in [-0.39, 0.29) is 6.42 Å². The molecule has 1 nitrogen and oxygen atoms in total. The topological polar surface area (TPSA) is 12.0 Å². The van der Waals surface area contributed by atoms with E-state index in [0.29, 0.717) is 6.54 Å². The molecule has 0 heterocycles. The van der Waals surface area contributed by atoms with E-state index in [4.69, 9.17) is 0 Å². The summed E-state index contributed by atoms with van der Waals surface area (Å²) in [6, 6.07) is 0. The molecule has 0 radical (unpaired) electrons. The lowest BCUT2D eigenvalue weighted by atomic mass is 10.0. The average Bonchev–Trinajstić information content (AvgIpc) is 1.84. The minimum absolute atomic E-state index is 0.0683. The Morgan fingerprint density at radius 3 is 2.20 bits per heavy atom. The van der Waals surface area contributed by atoms with Gasteiger partial charge in [-0.25, -0.2) is 8.78 Å². The summed E-state index contributed by atoms with van der Waals surface area (Å²) >= 11 is 0. The van der Waals surface area contributed by atoms with Gasteiger partial charge >= 0.3 is 0 Å². The van der Waals surface area contributed by atoms with Crippen LogP contribution in [0.5, 0.6) is 0 Å². The second-order valence-electron chi connectivity index (χ2n) is 2.77. The molecule has 0 atom stereocenters. The zero-order chi connectivity index (χ0) is 8.20. The standard InChI is InChI=1S/C7H15F2N/c1-6(2)7(8,9)4-5-10-3/h6,10H,4-5H2,1-3H3. The molecule has 0 aromatic heterocycles. The summed E-state index contributed by atoms with van der Waals surface area (Å²) in [5.41, 5.74) is 0. The number of hydrogen-bond acceptors (Lipinski definition) is 1. The summed E-state index contributed by atoms with van der Waals surface area (Å²) in [5, 5.41) is 2.70. The Kier molecular flexibility index (Phi) is 3.79. The van der Waals surface area contributed by atoms with Crippen molar-refractivity contribution >= 4 is 0 Å². The average molecular weight is 151 g/mol. The van der Waals surface area contributed by atoms with Gasteiger partial charge in [-0.15, -0.1) is 0 Å². The van der Waals surface area contributed by atoms with Crippen molar-refractivity contribution < 1.29 is 8.78 Å². The minimum Gasteiger partial charge on any atom is -0.320 e. The lowest BCUT2D eigenvalue weighted by Gasteiger charge is -2.19. The Bertz CT molecular complexity index is 91.6. The molecule has 0 unspecified atom stereocenters. The summed E-state index contributed by atoms with van der Waals surface area (Å²) in [4.78, 5) is 0. The molecule has 10 heavy (non-hydrogen) atoms. The molecular formula is C7H15F2N. The number of hydrogen-bond donors (Lipinski definition) is 1. The first kappa shape index (κ1) is 9.82. The molecule has 0 aliphatic heterocycles. The van der Waals surface area contributed by atoms with Crippen LogP contribution in [0.4, 0.5) is 8.78 Å². The van der Waals surface area contributed by atoms with Crippen LogP contribution in [0.2, 0.25) is 0 Å². The van der Waals surface area contributed by atoms with Gasteiger partial charge in [0.2, 0.25) is 0 Å².